The lowest BCUT2D eigenvalue weighted by molar-refractivity contribution is -0.384. The third-order valence-corrected chi connectivity index (χ3v) is 6.15. The Labute approximate surface area is 167 Å². The fourth-order valence-electron chi connectivity index (χ4n) is 2.86. The van der Waals surface area contributed by atoms with Crippen LogP contribution in [0.15, 0.2) is 47.4 Å². The third kappa shape index (κ3) is 4.88. The molecule has 2 aromatic rings. The Bertz CT molecular complexity index is 1020. The van der Waals surface area contributed by atoms with Crippen LogP contribution in [0.5, 0.6) is 0 Å². The molecule has 1 heterocycles. The molecule has 2 N–H and O–H groups in total. The summed E-state index contributed by atoms with van der Waals surface area (Å²) in [4.78, 5) is 21.8. The van der Waals surface area contributed by atoms with Crippen LogP contribution in [-0.4, -0.2) is 49.9 Å². The molecule has 10 nitrogen and oxygen atoms in total. The molecule has 0 unspecified atom stereocenters. The molecule has 1 aliphatic heterocycles. The van der Waals surface area contributed by atoms with E-state index in [1.807, 2.05) is 0 Å². The van der Waals surface area contributed by atoms with Crippen LogP contribution in [0.4, 0.5) is 22.7 Å². The highest BCUT2D eigenvalue weighted by atomic mass is 32.2. The molecule has 1 saturated heterocycles. The fourth-order valence-corrected chi connectivity index (χ4v) is 4.29. The van der Waals surface area contributed by atoms with Crippen molar-refractivity contribution in [1.29, 1.82) is 0 Å². The Morgan fingerprint density at radius 2 is 1.72 bits per heavy atom. The number of sulfonamides is 1. The summed E-state index contributed by atoms with van der Waals surface area (Å²) in [5.74, 6) is -0.210. The van der Waals surface area contributed by atoms with E-state index in [9.17, 15) is 23.3 Å². The average Bonchev–Trinajstić information content (AvgIpc) is 2.69. The molecule has 3 rings (SSSR count). The number of hydrogen-bond acceptors (Lipinski definition) is 7. The van der Waals surface area contributed by atoms with Gasteiger partial charge in [-0.25, -0.2) is 8.42 Å². The maximum Gasteiger partial charge on any atom is 0.294 e. The van der Waals surface area contributed by atoms with Crippen molar-refractivity contribution in [1.82, 2.24) is 4.31 Å². The van der Waals surface area contributed by atoms with Crippen LogP contribution in [-0.2, 0) is 19.6 Å². The second-order valence-electron chi connectivity index (χ2n) is 6.34. The quantitative estimate of drug-likeness (QED) is 0.541. The number of hydrogen-bond donors (Lipinski definition) is 2. The van der Waals surface area contributed by atoms with Crippen molar-refractivity contribution in [2.45, 2.75) is 11.8 Å². The Morgan fingerprint density at radius 3 is 2.31 bits per heavy atom. The smallest absolute Gasteiger partial charge is 0.294 e. The first-order valence-electron chi connectivity index (χ1n) is 8.78. The number of nitro groups is 1. The normalized spacial score (nSPS) is 14.9. The van der Waals surface area contributed by atoms with Gasteiger partial charge in [-0.3, -0.25) is 14.9 Å². The van der Waals surface area contributed by atoms with E-state index in [4.69, 9.17) is 4.74 Å². The summed E-state index contributed by atoms with van der Waals surface area (Å²) < 4.78 is 31.9. The first kappa shape index (κ1) is 20.7. The van der Waals surface area contributed by atoms with Crippen molar-refractivity contribution in [2.75, 3.05) is 36.9 Å². The number of nitrogens with one attached hydrogen (secondary N) is 2. The maximum atomic E-state index is 12.8. The SMILES string of the molecule is CC(=O)Nc1ccc(Nc2ccc(S(=O)(=O)N3CCOCC3)cc2[N+](=O)[O-])cc1. The van der Waals surface area contributed by atoms with Crippen LogP contribution in [0.3, 0.4) is 0 Å². The molecular weight excluding hydrogens is 400 g/mol. The highest BCUT2D eigenvalue weighted by Crippen LogP contribution is 2.31. The Morgan fingerprint density at radius 1 is 1.10 bits per heavy atom. The highest BCUT2D eigenvalue weighted by Gasteiger charge is 2.28. The Hall–Kier alpha value is -3.02. The lowest BCUT2D eigenvalue weighted by Gasteiger charge is -2.26. The zero-order valence-electron chi connectivity index (χ0n) is 15.6. The van der Waals surface area contributed by atoms with Crippen LogP contribution < -0.4 is 10.6 Å². The highest BCUT2D eigenvalue weighted by molar-refractivity contribution is 7.89. The average molecular weight is 420 g/mol. The summed E-state index contributed by atoms with van der Waals surface area (Å²) in [6, 6.07) is 10.3. The minimum Gasteiger partial charge on any atom is -0.379 e. The summed E-state index contributed by atoms with van der Waals surface area (Å²) in [6.07, 6.45) is 0. The van der Waals surface area contributed by atoms with Crippen LogP contribution in [0.1, 0.15) is 6.92 Å². The molecule has 11 heteroatoms. The van der Waals surface area contributed by atoms with Gasteiger partial charge in [-0.1, -0.05) is 0 Å². The fraction of sp³-hybridized carbons (Fsp3) is 0.278. The van der Waals surface area contributed by atoms with Gasteiger partial charge in [0.1, 0.15) is 5.69 Å². The van der Waals surface area contributed by atoms with E-state index in [2.05, 4.69) is 10.6 Å². The second-order valence-corrected chi connectivity index (χ2v) is 8.27. The molecule has 0 saturated carbocycles. The number of nitrogens with zero attached hydrogens (tertiary/aromatic N) is 2. The zero-order valence-corrected chi connectivity index (χ0v) is 16.4. The van der Waals surface area contributed by atoms with Crippen molar-refractivity contribution in [3.8, 4) is 0 Å². The van der Waals surface area contributed by atoms with E-state index in [1.165, 1.54) is 23.4 Å². The van der Waals surface area contributed by atoms with Crippen molar-refractivity contribution < 1.29 is 22.9 Å². The monoisotopic (exact) mass is 420 g/mol. The summed E-state index contributed by atoms with van der Waals surface area (Å²) in [7, 11) is -3.84. The maximum absolute atomic E-state index is 12.8. The zero-order chi connectivity index (χ0) is 21.0. The summed E-state index contributed by atoms with van der Waals surface area (Å²) in [5.41, 5.74) is 0.934. The molecule has 1 fully saturated rings. The van der Waals surface area contributed by atoms with E-state index in [0.717, 1.165) is 6.07 Å². The first-order chi connectivity index (χ1) is 13.8. The van der Waals surface area contributed by atoms with E-state index in [1.54, 1.807) is 24.3 Å². The molecular formula is C18H20N4O6S. The van der Waals surface area contributed by atoms with Crippen LogP contribution in [0.25, 0.3) is 0 Å². The molecule has 0 aromatic heterocycles. The molecule has 0 radical (unpaired) electrons. The Kier molecular flexibility index (Phi) is 6.11. The predicted octanol–water partition coefficient (Wildman–Crippen LogP) is 2.32. The molecule has 2 aromatic carbocycles. The van der Waals surface area contributed by atoms with Crippen LogP contribution in [0.2, 0.25) is 0 Å². The van der Waals surface area contributed by atoms with Gasteiger partial charge in [0.15, 0.2) is 0 Å². The largest absolute Gasteiger partial charge is 0.379 e. The van der Waals surface area contributed by atoms with Gasteiger partial charge in [-0.05, 0) is 36.4 Å². The Balaban J connectivity index is 1.86. The minimum absolute atomic E-state index is 0.141. The molecule has 1 aliphatic rings. The van der Waals surface area contributed by atoms with Crippen molar-refractivity contribution in [3.05, 3.63) is 52.6 Å². The number of morpholine rings is 1. The van der Waals surface area contributed by atoms with Crippen molar-refractivity contribution >= 4 is 38.7 Å². The lowest BCUT2D eigenvalue weighted by atomic mass is 10.2. The summed E-state index contributed by atoms with van der Waals surface area (Å²) in [6.45, 7) is 2.38. The van der Waals surface area contributed by atoms with Gasteiger partial charge in [0, 0.05) is 37.5 Å². The number of ether oxygens (including phenoxy) is 1. The number of carbonyl (C=O) groups excluding carboxylic acids is 1. The lowest BCUT2D eigenvalue weighted by Crippen LogP contribution is -2.40. The molecule has 0 spiro atoms. The molecule has 29 heavy (non-hydrogen) atoms. The molecule has 0 aliphatic carbocycles. The van der Waals surface area contributed by atoms with Gasteiger partial charge in [0.05, 0.1) is 23.0 Å². The van der Waals surface area contributed by atoms with E-state index < -0.39 is 14.9 Å². The number of amides is 1. The number of rotatable bonds is 6. The van der Waals surface area contributed by atoms with Gasteiger partial charge in [0.25, 0.3) is 5.69 Å². The number of nitro benzene ring substituents is 1. The standard InChI is InChI=1S/C18H20N4O6S/c1-13(23)19-14-2-4-15(5-3-14)20-17-7-6-16(12-18(17)22(24)25)29(26,27)21-8-10-28-11-9-21/h2-7,12,20H,8-11H2,1H3,(H,19,23). The predicted molar refractivity (Wildman–Crippen MR) is 107 cm³/mol. The van der Waals surface area contributed by atoms with Gasteiger partial charge in [0.2, 0.25) is 15.9 Å². The van der Waals surface area contributed by atoms with Crippen LogP contribution in [0, 0.1) is 10.1 Å². The second kappa shape index (κ2) is 8.55. The number of anilines is 3. The molecule has 0 atom stereocenters. The summed E-state index contributed by atoms with van der Waals surface area (Å²) >= 11 is 0. The number of benzene rings is 2. The molecule has 0 bridgehead atoms. The van der Waals surface area contributed by atoms with E-state index in [-0.39, 0.29) is 48.5 Å². The van der Waals surface area contributed by atoms with Gasteiger partial charge >= 0.3 is 0 Å². The minimum atomic E-state index is -3.84. The van der Waals surface area contributed by atoms with E-state index in [0.29, 0.717) is 11.4 Å². The van der Waals surface area contributed by atoms with E-state index >= 15 is 0 Å². The topological polar surface area (TPSA) is 131 Å². The van der Waals surface area contributed by atoms with Crippen molar-refractivity contribution in [2.24, 2.45) is 0 Å². The van der Waals surface area contributed by atoms with Crippen LogP contribution >= 0.6 is 0 Å². The third-order valence-electron chi connectivity index (χ3n) is 4.26. The molecule has 154 valence electrons. The molecule has 1 amide bonds. The summed E-state index contributed by atoms with van der Waals surface area (Å²) in [5, 5.41) is 17.1. The van der Waals surface area contributed by atoms with Crippen molar-refractivity contribution in [3.63, 3.8) is 0 Å². The van der Waals surface area contributed by atoms with Gasteiger partial charge in [-0.2, -0.15) is 4.31 Å². The first-order valence-corrected chi connectivity index (χ1v) is 10.2. The van der Waals surface area contributed by atoms with Gasteiger partial charge in [-0.15, -0.1) is 0 Å². The number of carbonyl (C=O) groups is 1. The van der Waals surface area contributed by atoms with Gasteiger partial charge < -0.3 is 15.4 Å².